The molecular formula is C36H28FeN8O10. The van der Waals surface area contributed by atoms with E-state index in [-0.39, 0.29) is 74.5 Å². The Morgan fingerprint density at radius 2 is 0.927 bits per heavy atom. The third kappa shape index (κ3) is 9.49. The number of nitrogens with zero attached hydrogens (tertiary/aromatic N) is 6. The average Bonchev–Trinajstić information content (AvgIpc) is 3.11. The van der Waals surface area contributed by atoms with E-state index in [0.29, 0.717) is 32.9 Å². The Hall–Kier alpha value is -7.50. The Balaban J connectivity index is 0.000000240. The van der Waals surface area contributed by atoms with Crippen LogP contribution in [0.25, 0.3) is 21.5 Å². The van der Waals surface area contributed by atoms with Crippen LogP contribution in [0.5, 0.6) is 23.0 Å². The van der Waals surface area contributed by atoms with E-state index < -0.39 is 21.3 Å². The number of phenols is 4. The van der Waals surface area contributed by atoms with Gasteiger partial charge in [-0.2, -0.15) is 0 Å². The Kier molecular flexibility index (Phi) is 12.7. The molecule has 0 aromatic heterocycles. The number of amides is 2. The zero-order chi connectivity index (χ0) is 39.1. The number of benzene rings is 6. The first kappa shape index (κ1) is 40.3. The van der Waals surface area contributed by atoms with E-state index in [2.05, 4.69) is 31.1 Å². The Bertz CT molecular complexity index is 2370. The molecule has 0 aliphatic rings. The number of hydrogen-bond donors (Lipinski definition) is 6. The third-order valence-corrected chi connectivity index (χ3v) is 7.47. The fraction of sp³-hybridized carbons (Fsp3) is 0.0556. The number of hydrogen-bond acceptors (Lipinski definition) is 14. The Labute approximate surface area is 320 Å². The van der Waals surface area contributed by atoms with Crippen molar-refractivity contribution in [2.75, 3.05) is 10.6 Å². The van der Waals surface area contributed by atoms with Gasteiger partial charge in [-0.1, -0.05) is 36.4 Å². The fourth-order valence-electron chi connectivity index (χ4n) is 5.12. The van der Waals surface area contributed by atoms with Gasteiger partial charge in [0.2, 0.25) is 11.8 Å². The van der Waals surface area contributed by atoms with Crippen LogP contribution in [0.4, 0.5) is 45.5 Å². The van der Waals surface area contributed by atoms with Crippen LogP contribution in [-0.4, -0.2) is 42.1 Å². The maximum atomic E-state index is 11.4. The number of carbonyl (C=O) groups excluding carboxylic acids is 2. The zero-order valence-corrected chi connectivity index (χ0v) is 29.6. The fourth-order valence-corrected chi connectivity index (χ4v) is 5.12. The summed E-state index contributed by atoms with van der Waals surface area (Å²) >= 11 is 0. The van der Waals surface area contributed by atoms with Crippen molar-refractivity contribution < 1.29 is 56.9 Å². The van der Waals surface area contributed by atoms with Crippen molar-refractivity contribution in [2.24, 2.45) is 20.5 Å². The SMILES string of the molecule is CC(=O)Nc1cccc2ccc(O)c(N=Nc3ccc([N+](=O)[O-])cc3O)c12.CC(=O)Nc1cccc2ccc(O)c(N=Nc3ccc([N+](=O)[O-])cc3O)c12.[Fe]. The second-order valence-electron chi connectivity index (χ2n) is 11.3. The summed E-state index contributed by atoms with van der Waals surface area (Å²) < 4.78 is 0. The quantitative estimate of drug-likeness (QED) is 0.0368. The first-order valence-corrected chi connectivity index (χ1v) is 15.6. The molecule has 0 radical (unpaired) electrons. The largest absolute Gasteiger partial charge is 0.506 e. The topological polar surface area (TPSA) is 275 Å². The van der Waals surface area contributed by atoms with E-state index in [1.807, 2.05) is 0 Å². The van der Waals surface area contributed by atoms with Crippen LogP contribution in [0.1, 0.15) is 13.8 Å². The van der Waals surface area contributed by atoms with Crippen LogP contribution in [-0.2, 0) is 26.7 Å². The molecule has 280 valence electrons. The number of nitro benzene ring substituents is 2. The second-order valence-corrected chi connectivity index (χ2v) is 11.3. The first-order valence-electron chi connectivity index (χ1n) is 15.6. The minimum atomic E-state index is -0.642. The molecule has 0 aliphatic carbocycles. The number of aromatic hydroxyl groups is 4. The summed E-state index contributed by atoms with van der Waals surface area (Å²) in [6.07, 6.45) is 0. The summed E-state index contributed by atoms with van der Waals surface area (Å²) in [4.78, 5) is 43.1. The summed E-state index contributed by atoms with van der Waals surface area (Å²) in [5.74, 6) is -1.77. The molecule has 0 fully saturated rings. The zero-order valence-electron chi connectivity index (χ0n) is 28.5. The van der Waals surface area contributed by atoms with Crippen LogP contribution in [0.15, 0.2) is 118 Å². The van der Waals surface area contributed by atoms with E-state index in [0.717, 1.165) is 12.1 Å². The first-order chi connectivity index (χ1) is 25.7. The van der Waals surface area contributed by atoms with Gasteiger partial charge in [0.25, 0.3) is 11.4 Å². The minimum Gasteiger partial charge on any atom is -0.506 e. The molecule has 6 aromatic carbocycles. The van der Waals surface area contributed by atoms with Crippen molar-refractivity contribution in [1.82, 2.24) is 0 Å². The maximum absolute atomic E-state index is 11.4. The summed E-state index contributed by atoms with van der Waals surface area (Å²) in [5, 5.41) is 85.2. The minimum absolute atomic E-state index is 0. The molecule has 0 saturated heterocycles. The number of fused-ring (bicyclic) bond motifs is 2. The number of azo groups is 2. The van der Waals surface area contributed by atoms with Gasteiger partial charge in [-0.3, -0.25) is 29.8 Å². The average molecular weight is 789 g/mol. The van der Waals surface area contributed by atoms with Crippen molar-refractivity contribution in [3.63, 3.8) is 0 Å². The van der Waals surface area contributed by atoms with Gasteiger partial charge in [-0.25, -0.2) is 0 Å². The standard InChI is InChI=1S/2C18H14N4O5.Fe/c2*1-10(23)19-14-4-2-3-11-5-8-15(24)18(17(11)14)21-20-13-7-6-12(22(26)27)9-16(13)25;/h2*2-9,24-25H,1H3,(H,19,23);. The van der Waals surface area contributed by atoms with Crippen molar-refractivity contribution in [2.45, 2.75) is 13.8 Å². The van der Waals surface area contributed by atoms with Gasteiger partial charge in [0.05, 0.1) is 33.4 Å². The van der Waals surface area contributed by atoms with Crippen LogP contribution in [0, 0.1) is 20.2 Å². The number of rotatable bonds is 8. The van der Waals surface area contributed by atoms with Gasteiger partial charge in [0.1, 0.15) is 45.7 Å². The number of nitrogens with one attached hydrogen (secondary N) is 2. The molecular weight excluding hydrogens is 760 g/mol. The number of carbonyl (C=O) groups is 2. The van der Waals surface area contributed by atoms with Crippen molar-refractivity contribution in [3.05, 3.63) is 117 Å². The normalized spacial score (nSPS) is 10.8. The van der Waals surface area contributed by atoms with E-state index in [4.69, 9.17) is 0 Å². The van der Waals surface area contributed by atoms with Crippen LogP contribution >= 0.6 is 0 Å². The Morgan fingerprint density at radius 1 is 0.545 bits per heavy atom. The molecule has 0 unspecified atom stereocenters. The molecule has 18 nitrogen and oxygen atoms in total. The van der Waals surface area contributed by atoms with E-state index >= 15 is 0 Å². The van der Waals surface area contributed by atoms with Gasteiger partial charge < -0.3 is 31.1 Å². The summed E-state index contributed by atoms with van der Waals surface area (Å²) in [7, 11) is 0. The Morgan fingerprint density at radius 3 is 1.25 bits per heavy atom. The molecule has 0 bridgehead atoms. The van der Waals surface area contributed by atoms with Crippen LogP contribution < -0.4 is 10.6 Å². The van der Waals surface area contributed by atoms with E-state index in [9.17, 15) is 50.2 Å². The predicted molar refractivity (Wildman–Crippen MR) is 198 cm³/mol. The number of anilines is 2. The smallest absolute Gasteiger partial charge is 0.273 e. The maximum Gasteiger partial charge on any atom is 0.273 e. The molecule has 6 aromatic rings. The van der Waals surface area contributed by atoms with E-state index in [1.54, 1.807) is 48.5 Å². The van der Waals surface area contributed by atoms with E-state index in [1.165, 1.54) is 50.2 Å². The summed E-state index contributed by atoms with van der Waals surface area (Å²) in [5.41, 5.74) is 0.488. The van der Waals surface area contributed by atoms with Crippen molar-refractivity contribution >= 4 is 78.9 Å². The predicted octanol–water partition coefficient (Wildman–Crippen LogP) is 9.06. The van der Waals surface area contributed by atoms with Gasteiger partial charge in [-0.05, 0) is 47.2 Å². The number of phenolic OH excluding ortho intramolecular Hbond substituents is 4. The molecule has 6 N–H and O–H groups in total. The molecule has 0 atom stereocenters. The monoisotopic (exact) mass is 788 g/mol. The molecule has 0 spiro atoms. The molecule has 6 rings (SSSR count). The van der Waals surface area contributed by atoms with Crippen molar-refractivity contribution in [1.29, 1.82) is 0 Å². The summed E-state index contributed by atoms with van der Waals surface area (Å²) in [6.45, 7) is 2.72. The van der Waals surface area contributed by atoms with Crippen LogP contribution in [0.2, 0.25) is 0 Å². The molecule has 2 amide bonds. The second kappa shape index (κ2) is 17.3. The molecule has 0 heterocycles. The molecule has 0 saturated carbocycles. The number of non-ortho nitro benzene ring substituents is 2. The van der Waals surface area contributed by atoms with Crippen LogP contribution in [0.3, 0.4) is 0 Å². The molecule has 55 heavy (non-hydrogen) atoms. The summed E-state index contributed by atoms with van der Waals surface area (Å²) in [6, 6.07) is 23.3. The van der Waals surface area contributed by atoms with Gasteiger partial charge >= 0.3 is 0 Å². The molecule has 0 aliphatic heterocycles. The van der Waals surface area contributed by atoms with Gasteiger partial charge in [0, 0.05) is 53.8 Å². The molecule has 19 heteroatoms. The third-order valence-electron chi connectivity index (χ3n) is 7.47. The van der Waals surface area contributed by atoms with Gasteiger partial charge in [-0.15, -0.1) is 20.5 Å². The van der Waals surface area contributed by atoms with Crippen molar-refractivity contribution in [3.8, 4) is 23.0 Å². The van der Waals surface area contributed by atoms with Gasteiger partial charge in [0.15, 0.2) is 0 Å². The number of nitro groups is 2.